The molecule has 7 heteroatoms. The van der Waals surface area contributed by atoms with Gasteiger partial charge in [0.2, 0.25) is 11.8 Å². The summed E-state index contributed by atoms with van der Waals surface area (Å²) in [6, 6.07) is 10.3. The average Bonchev–Trinajstić information content (AvgIpc) is 3.48. The quantitative estimate of drug-likeness (QED) is 0.771. The van der Waals surface area contributed by atoms with Crippen molar-refractivity contribution in [2.45, 2.75) is 13.0 Å². The summed E-state index contributed by atoms with van der Waals surface area (Å²) < 4.78 is 4.71. The van der Waals surface area contributed by atoms with Gasteiger partial charge in [-0.05, 0) is 36.2 Å². The van der Waals surface area contributed by atoms with Gasteiger partial charge in [-0.15, -0.1) is 0 Å². The standard InChI is InChI=1S/C19H19N3O4/c1-26-19(25)13-4-2-3-5-16(13)22-18(24)15-10-14(15)17(23)21-11-12-6-8-20-9-7-12/h2-9,14-15H,10-11H2,1H3,(H,21,23)(H,22,24). The van der Waals surface area contributed by atoms with E-state index < -0.39 is 11.9 Å². The van der Waals surface area contributed by atoms with Crippen molar-refractivity contribution in [2.75, 3.05) is 12.4 Å². The first-order valence-corrected chi connectivity index (χ1v) is 8.25. The Balaban J connectivity index is 1.54. The number of anilines is 1. The molecule has 0 spiro atoms. The minimum Gasteiger partial charge on any atom is -0.465 e. The molecule has 0 saturated heterocycles. The minimum atomic E-state index is -0.525. The second kappa shape index (κ2) is 7.77. The molecule has 2 unspecified atom stereocenters. The van der Waals surface area contributed by atoms with E-state index in [1.54, 1.807) is 36.7 Å². The molecule has 0 bridgehead atoms. The van der Waals surface area contributed by atoms with Gasteiger partial charge < -0.3 is 15.4 Å². The predicted octanol–water partition coefficient (Wildman–Crippen LogP) is 1.76. The molecular formula is C19H19N3O4. The Morgan fingerprint density at radius 1 is 1.08 bits per heavy atom. The number of hydrogen-bond donors (Lipinski definition) is 2. The van der Waals surface area contributed by atoms with Crippen LogP contribution in [0.3, 0.4) is 0 Å². The van der Waals surface area contributed by atoms with Gasteiger partial charge in [0.25, 0.3) is 0 Å². The normalized spacial score (nSPS) is 17.9. The summed E-state index contributed by atoms with van der Waals surface area (Å²) in [5.41, 5.74) is 1.61. The number of methoxy groups -OCH3 is 1. The van der Waals surface area contributed by atoms with Crippen LogP contribution in [0.4, 0.5) is 5.69 Å². The summed E-state index contributed by atoms with van der Waals surface area (Å²) in [7, 11) is 1.28. The van der Waals surface area contributed by atoms with Gasteiger partial charge >= 0.3 is 5.97 Å². The number of pyridine rings is 1. The molecule has 2 atom stereocenters. The van der Waals surface area contributed by atoms with Crippen LogP contribution >= 0.6 is 0 Å². The molecule has 1 heterocycles. The molecule has 3 rings (SSSR count). The Labute approximate surface area is 150 Å². The number of carbonyl (C=O) groups excluding carboxylic acids is 3. The van der Waals surface area contributed by atoms with Crippen molar-refractivity contribution in [3.05, 3.63) is 59.9 Å². The van der Waals surface area contributed by atoms with Crippen molar-refractivity contribution in [1.29, 1.82) is 0 Å². The number of amides is 2. The Morgan fingerprint density at radius 3 is 2.50 bits per heavy atom. The van der Waals surface area contributed by atoms with E-state index in [9.17, 15) is 14.4 Å². The number of esters is 1. The first-order chi connectivity index (χ1) is 12.6. The second-order valence-corrected chi connectivity index (χ2v) is 6.05. The molecule has 2 amide bonds. The van der Waals surface area contributed by atoms with Crippen LogP contribution in [-0.4, -0.2) is 29.9 Å². The van der Waals surface area contributed by atoms with Gasteiger partial charge in [0.15, 0.2) is 0 Å². The smallest absolute Gasteiger partial charge is 0.339 e. The van der Waals surface area contributed by atoms with Crippen molar-refractivity contribution < 1.29 is 19.1 Å². The summed E-state index contributed by atoms with van der Waals surface area (Å²) in [6.07, 6.45) is 3.82. The van der Waals surface area contributed by atoms with Gasteiger partial charge in [-0.1, -0.05) is 12.1 Å². The zero-order valence-corrected chi connectivity index (χ0v) is 14.3. The third-order valence-electron chi connectivity index (χ3n) is 4.27. The molecule has 1 aliphatic rings. The van der Waals surface area contributed by atoms with Crippen molar-refractivity contribution in [1.82, 2.24) is 10.3 Å². The molecule has 2 N–H and O–H groups in total. The highest BCUT2D eigenvalue weighted by Crippen LogP contribution is 2.39. The third-order valence-corrected chi connectivity index (χ3v) is 4.27. The lowest BCUT2D eigenvalue weighted by atomic mass is 10.1. The molecular weight excluding hydrogens is 334 g/mol. The number of benzene rings is 1. The highest BCUT2D eigenvalue weighted by molar-refractivity contribution is 6.04. The van der Waals surface area contributed by atoms with E-state index in [0.29, 0.717) is 18.7 Å². The molecule has 0 radical (unpaired) electrons. The lowest BCUT2D eigenvalue weighted by Gasteiger charge is -2.09. The van der Waals surface area contributed by atoms with Crippen LogP contribution in [0, 0.1) is 11.8 Å². The average molecular weight is 353 g/mol. The van der Waals surface area contributed by atoms with Gasteiger partial charge in [0, 0.05) is 18.9 Å². The van der Waals surface area contributed by atoms with Gasteiger partial charge in [-0.25, -0.2) is 4.79 Å². The van der Waals surface area contributed by atoms with E-state index >= 15 is 0 Å². The number of ether oxygens (including phenoxy) is 1. The zero-order chi connectivity index (χ0) is 18.5. The number of nitrogens with zero attached hydrogens (tertiary/aromatic N) is 1. The van der Waals surface area contributed by atoms with Crippen molar-refractivity contribution in [3.63, 3.8) is 0 Å². The minimum absolute atomic E-state index is 0.150. The topological polar surface area (TPSA) is 97.4 Å². The number of aromatic nitrogens is 1. The highest BCUT2D eigenvalue weighted by atomic mass is 16.5. The van der Waals surface area contributed by atoms with Crippen LogP contribution in [0.15, 0.2) is 48.8 Å². The summed E-state index contributed by atoms with van der Waals surface area (Å²) in [5, 5.41) is 5.55. The molecule has 1 fully saturated rings. The predicted molar refractivity (Wildman–Crippen MR) is 94.1 cm³/mol. The summed E-state index contributed by atoms with van der Waals surface area (Å²) in [5.74, 6) is -1.68. The molecule has 1 saturated carbocycles. The van der Waals surface area contributed by atoms with Crippen molar-refractivity contribution in [2.24, 2.45) is 11.8 Å². The Kier molecular flexibility index (Phi) is 5.26. The molecule has 1 aromatic carbocycles. The fourth-order valence-corrected chi connectivity index (χ4v) is 2.70. The first kappa shape index (κ1) is 17.6. The highest BCUT2D eigenvalue weighted by Gasteiger charge is 2.48. The van der Waals surface area contributed by atoms with Crippen LogP contribution in [0.1, 0.15) is 22.3 Å². The maximum absolute atomic E-state index is 12.4. The van der Waals surface area contributed by atoms with Gasteiger partial charge in [0.05, 0.1) is 30.2 Å². The van der Waals surface area contributed by atoms with Gasteiger partial charge in [-0.2, -0.15) is 0 Å². The lowest BCUT2D eigenvalue weighted by molar-refractivity contribution is -0.125. The largest absolute Gasteiger partial charge is 0.465 e. The monoisotopic (exact) mass is 353 g/mol. The van der Waals surface area contributed by atoms with E-state index in [1.165, 1.54) is 7.11 Å². The van der Waals surface area contributed by atoms with E-state index in [2.05, 4.69) is 15.6 Å². The summed E-state index contributed by atoms with van der Waals surface area (Å²) >= 11 is 0. The lowest BCUT2D eigenvalue weighted by Crippen LogP contribution is -2.27. The number of nitrogens with one attached hydrogen (secondary N) is 2. The number of rotatable bonds is 6. The molecule has 26 heavy (non-hydrogen) atoms. The molecule has 134 valence electrons. The maximum atomic E-state index is 12.4. The van der Waals surface area contributed by atoms with Crippen LogP contribution in [-0.2, 0) is 20.9 Å². The van der Waals surface area contributed by atoms with Crippen molar-refractivity contribution >= 4 is 23.5 Å². The summed E-state index contributed by atoms with van der Waals surface area (Å²) in [6.45, 7) is 0.400. The Bertz CT molecular complexity index is 823. The van der Waals surface area contributed by atoms with Gasteiger partial charge in [0.1, 0.15) is 0 Å². The SMILES string of the molecule is COC(=O)c1ccccc1NC(=O)C1CC1C(=O)NCc1ccncc1. The number of carbonyl (C=O) groups is 3. The van der Waals surface area contributed by atoms with Crippen LogP contribution < -0.4 is 10.6 Å². The third kappa shape index (κ3) is 4.05. The molecule has 7 nitrogen and oxygen atoms in total. The van der Waals surface area contributed by atoms with E-state index in [-0.39, 0.29) is 23.3 Å². The number of hydrogen-bond acceptors (Lipinski definition) is 5. The zero-order valence-electron chi connectivity index (χ0n) is 14.3. The van der Waals surface area contributed by atoms with Crippen LogP contribution in [0.5, 0.6) is 0 Å². The molecule has 2 aromatic rings. The molecule has 0 aliphatic heterocycles. The molecule has 1 aromatic heterocycles. The Morgan fingerprint density at radius 2 is 1.77 bits per heavy atom. The maximum Gasteiger partial charge on any atom is 0.339 e. The van der Waals surface area contributed by atoms with Crippen LogP contribution in [0.25, 0.3) is 0 Å². The second-order valence-electron chi connectivity index (χ2n) is 6.05. The van der Waals surface area contributed by atoms with Gasteiger partial charge in [-0.3, -0.25) is 14.6 Å². The van der Waals surface area contributed by atoms with Crippen molar-refractivity contribution in [3.8, 4) is 0 Å². The number of para-hydroxylation sites is 1. The van der Waals surface area contributed by atoms with E-state index in [4.69, 9.17) is 4.74 Å². The Hall–Kier alpha value is -3.22. The van der Waals surface area contributed by atoms with Crippen LogP contribution in [0.2, 0.25) is 0 Å². The fraction of sp³-hybridized carbons (Fsp3) is 0.263. The molecule has 1 aliphatic carbocycles. The van der Waals surface area contributed by atoms with E-state index in [0.717, 1.165) is 5.56 Å². The van der Waals surface area contributed by atoms with E-state index in [1.807, 2.05) is 12.1 Å². The fourth-order valence-electron chi connectivity index (χ4n) is 2.70. The first-order valence-electron chi connectivity index (χ1n) is 8.25. The summed E-state index contributed by atoms with van der Waals surface area (Å²) in [4.78, 5) is 40.2.